The zero-order valence-electron chi connectivity index (χ0n) is 13.2. The summed E-state index contributed by atoms with van der Waals surface area (Å²) in [5.41, 5.74) is 2.14. The molecule has 0 atom stereocenters. The minimum atomic E-state index is -0.0315. The largest absolute Gasteiger partial charge is 0.338 e. The van der Waals surface area contributed by atoms with E-state index in [1.54, 1.807) is 11.1 Å². The van der Waals surface area contributed by atoms with Gasteiger partial charge in [0.1, 0.15) is 0 Å². The number of hydrogen-bond donors (Lipinski definition) is 1. The molecule has 8 heteroatoms. The number of carbonyl (C=O) groups is 1. The van der Waals surface area contributed by atoms with Crippen LogP contribution in [0.25, 0.3) is 0 Å². The maximum atomic E-state index is 11.7. The highest BCUT2D eigenvalue weighted by molar-refractivity contribution is 5.93. The zero-order valence-corrected chi connectivity index (χ0v) is 13.2. The number of anilines is 1. The first-order valence-electron chi connectivity index (χ1n) is 7.98. The molecule has 2 amide bonds. The van der Waals surface area contributed by atoms with E-state index >= 15 is 0 Å². The van der Waals surface area contributed by atoms with E-state index in [4.69, 9.17) is 0 Å². The van der Waals surface area contributed by atoms with Gasteiger partial charge in [0.2, 0.25) is 0 Å². The molecule has 8 nitrogen and oxygen atoms in total. The van der Waals surface area contributed by atoms with Crippen molar-refractivity contribution >= 4 is 11.7 Å². The van der Waals surface area contributed by atoms with Gasteiger partial charge in [-0.2, -0.15) is 5.10 Å². The Morgan fingerprint density at radius 3 is 2.91 bits per heavy atom. The molecule has 1 N–H and O–H groups in total. The van der Waals surface area contributed by atoms with Crippen LogP contribution in [0.1, 0.15) is 11.7 Å². The Bertz CT molecular complexity index is 700. The van der Waals surface area contributed by atoms with Crippen LogP contribution in [0.2, 0.25) is 0 Å². The van der Waals surface area contributed by atoms with Crippen molar-refractivity contribution < 1.29 is 4.79 Å². The van der Waals surface area contributed by atoms with E-state index < -0.39 is 0 Å². The van der Waals surface area contributed by atoms with Crippen LogP contribution in [0.4, 0.5) is 10.5 Å². The summed E-state index contributed by atoms with van der Waals surface area (Å²) in [7, 11) is 2.03. The highest BCUT2D eigenvalue weighted by Gasteiger charge is 2.30. The second-order valence-corrected chi connectivity index (χ2v) is 6.22. The Morgan fingerprint density at radius 1 is 1.35 bits per heavy atom. The third-order valence-corrected chi connectivity index (χ3v) is 4.67. The molecule has 2 saturated heterocycles. The van der Waals surface area contributed by atoms with Gasteiger partial charge in [-0.3, -0.25) is 14.5 Å². The van der Waals surface area contributed by atoms with E-state index in [-0.39, 0.29) is 6.03 Å². The number of amides is 2. The summed E-state index contributed by atoms with van der Waals surface area (Å²) in [6.45, 7) is 4.47. The smallest absolute Gasteiger partial charge is 0.322 e. The topological polar surface area (TPSA) is 71.2 Å². The van der Waals surface area contributed by atoms with Crippen molar-refractivity contribution in [1.82, 2.24) is 29.5 Å². The standard InChI is InChI=1S/C15H21N7O/c1-19-11-16-6-12(19)2-4-20-8-14(9-20)22-10-13(7-18-22)21-5-3-17-15(21)23/h6-7,10-11,14H,2-5,8-9H2,1H3,(H,17,23). The minimum Gasteiger partial charge on any atom is -0.338 e. The van der Waals surface area contributed by atoms with Crippen LogP contribution in [-0.4, -0.2) is 63.0 Å². The van der Waals surface area contributed by atoms with Crippen LogP contribution >= 0.6 is 0 Å². The average molecular weight is 315 g/mol. The summed E-state index contributed by atoms with van der Waals surface area (Å²) in [6, 6.07) is 0.372. The number of rotatable bonds is 5. The number of imidazole rings is 1. The number of likely N-dealkylation sites (tertiary alicyclic amines) is 1. The molecule has 23 heavy (non-hydrogen) atoms. The molecule has 0 aliphatic carbocycles. The van der Waals surface area contributed by atoms with Gasteiger partial charge in [0.25, 0.3) is 0 Å². The zero-order chi connectivity index (χ0) is 15.8. The van der Waals surface area contributed by atoms with Crippen molar-refractivity contribution in [1.29, 1.82) is 0 Å². The molecule has 2 aromatic rings. The predicted molar refractivity (Wildman–Crippen MR) is 85.4 cm³/mol. The number of nitrogens with one attached hydrogen (secondary N) is 1. The summed E-state index contributed by atoms with van der Waals surface area (Å²) in [6.07, 6.45) is 8.55. The summed E-state index contributed by atoms with van der Waals surface area (Å²) in [5, 5.41) is 7.24. The Kier molecular flexibility index (Phi) is 3.53. The van der Waals surface area contributed by atoms with Crippen molar-refractivity contribution in [2.45, 2.75) is 12.5 Å². The SMILES string of the molecule is Cn1cncc1CCN1CC(n2cc(N3CCNC3=O)cn2)C1. The first-order chi connectivity index (χ1) is 11.2. The molecular formula is C15H21N7O. The van der Waals surface area contributed by atoms with Crippen molar-refractivity contribution in [2.24, 2.45) is 7.05 Å². The Labute approximate surface area is 134 Å². The van der Waals surface area contributed by atoms with Gasteiger partial charge < -0.3 is 9.88 Å². The normalized spacial score (nSPS) is 19.2. The monoisotopic (exact) mass is 315 g/mol. The first-order valence-corrected chi connectivity index (χ1v) is 7.98. The molecule has 0 spiro atoms. The maximum absolute atomic E-state index is 11.7. The highest BCUT2D eigenvalue weighted by Crippen LogP contribution is 2.24. The number of urea groups is 1. The van der Waals surface area contributed by atoms with Gasteiger partial charge in [0.15, 0.2) is 0 Å². The lowest BCUT2D eigenvalue weighted by Crippen LogP contribution is -2.48. The Balaban J connectivity index is 1.29. The fraction of sp³-hybridized carbons (Fsp3) is 0.533. The van der Waals surface area contributed by atoms with Gasteiger partial charge >= 0.3 is 6.03 Å². The number of carbonyl (C=O) groups excluding carboxylic acids is 1. The van der Waals surface area contributed by atoms with Crippen LogP contribution < -0.4 is 10.2 Å². The second-order valence-electron chi connectivity index (χ2n) is 6.22. The molecule has 0 unspecified atom stereocenters. The number of hydrogen-bond acceptors (Lipinski definition) is 4. The summed E-state index contributed by atoms with van der Waals surface area (Å²) in [4.78, 5) is 20.0. The van der Waals surface area contributed by atoms with Crippen LogP contribution in [0.5, 0.6) is 0 Å². The fourth-order valence-electron chi connectivity index (χ4n) is 3.18. The lowest BCUT2D eigenvalue weighted by atomic mass is 10.1. The van der Waals surface area contributed by atoms with E-state index in [0.717, 1.165) is 31.7 Å². The quantitative estimate of drug-likeness (QED) is 0.858. The van der Waals surface area contributed by atoms with Crippen LogP contribution in [0, 0.1) is 0 Å². The molecule has 0 radical (unpaired) electrons. The first kappa shape index (κ1) is 14.3. The second kappa shape index (κ2) is 5.69. The van der Waals surface area contributed by atoms with Crippen molar-refractivity contribution in [3.63, 3.8) is 0 Å². The van der Waals surface area contributed by atoms with Gasteiger partial charge in [-0.1, -0.05) is 0 Å². The van der Waals surface area contributed by atoms with E-state index in [2.05, 4.69) is 24.9 Å². The van der Waals surface area contributed by atoms with E-state index in [0.29, 0.717) is 19.1 Å². The summed E-state index contributed by atoms with van der Waals surface area (Å²) < 4.78 is 4.06. The number of aryl methyl sites for hydroxylation is 1. The Morgan fingerprint density at radius 2 is 2.22 bits per heavy atom. The highest BCUT2D eigenvalue weighted by atomic mass is 16.2. The molecule has 2 aliphatic rings. The molecule has 2 aliphatic heterocycles. The number of aromatic nitrogens is 4. The van der Waals surface area contributed by atoms with Crippen molar-refractivity contribution in [3.8, 4) is 0 Å². The van der Waals surface area contributed by atoms with Gasteiger partial charge in [-0.05, 0) is 0 Å². The van der Waals surface area contributed by atoms with Crippen LogP contribution in [0.15, 0.2) is 24.9 Å². The average Bonchev–Trinajstić information content (AvgIpc) is 3.19. The van der Waals surface area contributed by atoms with Gasteiger partial charge in [-0.15, -0.1) is 0 Å². The van der Waals surface area contributed by atoms with E-state index in [9.17, 15) is 4.79 Å². The van der Waals surface area contributed by atoms with Crippen LogP contribution in [0.3, 0.4) is 0 Å². The Hall–Kier alpha value is -2.35. The summed E-state index contributed by atoms with van der Waals surface area (Å²) >= 11 is 0. The molecule has 4 rings (SSSR count). The van der Waals surface area contributed by atoms with Crippen molar-refractivity contribution in [3.05, 3.63) is 30.6 Å². The van der Waals surface area contributed by atoms with Gasteiger partial charge in [0.05, 0.1) is 24.3 Å². The van der Waals surface area contributed by atoms with E-state index in [1.807, 2.05) is 30.5 Å². The molecule has 4 heterocycles. The van der Waals surface area contributed by atoms with E-state index in [1.165, 1.54) is 5.69 Å². The molecule has 0 bridgehead atoms. The minimum absolute atomic E-state index is 0.0315. The predicted octanol–water partition coefficient (Wildman–Crippen LogP) is 0.246. The maximum Gasteiger partial charge on any atom is 0.322 e. The molecular weight excluding hydrogens is 294 g/mol. The third kappa shape index (κ3) is 2.70. The molecule has 0 aromatic carbocycles. The van der Waals surface area contributed by atoms with Crippen molar-refractivity contribution in [2.75, 3.05) is 37.6 Å². The lowest BCUT2D eigenvalue weighted by molar-refractivity contribution is 0.0996. The molecule has 2 aromatic heterocycles. The molecule has 0 saturated carbocycles. The van der Waals surface area contributed by atoms with Crippen LogP contribution in [-0.2, 0) is 13.5 Å². The molecule has 122 valence electrons. The van der Waals surface area contributed by atoms with Gasteiger partial charge in [0, 0.05) is 64.3 Å². The fourth-order valence-corrected chi connectivity index (χ4v) is 3.18. The lowest BCUT2D eigenvalue weighted by Gasteiger charge is -2.39. The third-order valence-electron chi connectivity index (χ3n) is 4.67. The number of nitrogens with zero attached hydrogens (tertiary/aromatic N) is 6. The molecule has 2 fully saturated rings. The summed E-state index contributed by atoms with van der Waals surface area (Å²) in [5.74, 6) is 0. The van der Waals surface area contributed by atoms with Gasteiger partial charge in [-0.25, -0.2) is 9.78 Å².